The molecule has 0 spiro atoms. The lowest BCUT2D eigenvalue weighted by molar-refractivity contribution is 0.0775. The van der Waals surface area contributed by atoms with Crippen molar-refractivity contribution in [3.8, 4) is 0 Å². The van der Waals surface area contributed by atoms with Crippen molar-refractivity contribution < 1.29 is 5.11 Å². The summed E-state index contributed by atoms with van der Waals surface area (Å²) < 4.78 is 2.16. The van der Waals surface area contributed by atoms with E-state index in [0.717, 1.165) is 76.0 Å². The standard InChI is InChI=1S/C18H27N7O/c1-23-16(13-24-10-5-15(26)6-11-24)21-22-17(23)14-4-2-9-25(12-14)18-19-7-3-8-20-18/h3,7-8,14-15,26H,2,4-6,9-13H2,1H3. The normalized spacial score (nSPS) is 22.7. The average molecular weight is 357 g/mol. The van der Waals surface area contributed by atoms with Crippen LogP contribution in [0.25, 0.3) is 0 Å². The Labute approximate surface area is 153 Å². The second-order valence-corrected chi connectivity index (χ2v) is 7.37. The highest BCUT2D eigenvalue weighted by atomic mass is 16.3. The molecule has 1 unspecified atom stereocenters. The molecular formula is C18H27N7O. The number of piperidine rings is 2. The molecule has 1 N–H and O–H groups in total. The molecule has 26 heavy (non-hydrogen) atoms. The zero-order chi connectivity index (χ0) is 17.9. The van der Waals surface area contributed by atoms with Crippen molar-refractivity contribution in [3.05, 3.63) is 30.1 Å². The highest BCUT2D eigenvalue weighted by molar-refractivity contribution is 5.30. The van der Waals surface area contributed by atoms with Gasteiger partial charge in [0.25, 0.3) is 0 Å². The lowest BCUT2D eigenvalue weighted by Gasteiger charge is -2.32. The first-order valence-corrected chi connectivity index (χ1v) is 9.51. The molecule has 2 aliphatic heterocycles. The molecular weight excluding hydrogens is 330 g/mol. The summed E-state index contributed by atoms with van der Waals surface area (Å²) in [5.41, 5.74) is 0. The first kappa shape index (κ1) is 17.4. The van der Waals surface area contributed by atoms with Crippen molar-refractivity contribution in [3.63, 3.8) is 0 Å². The summed E-state index contributed by atoms with van der Waals surface area (Å²) in [5.74, 6) is 3.20. The van der Waals surface area contributed by atoms with Gasteiger partial charge in [0.1, 0.15) is 11.6 Å². The number of aromatic nitrogens is 5. The Kier molecular flexibility index (Phi) is 5.12. The van der Waals surface area contributed by atoms with Crippen LogP contribution in [0.3, 0.4) is 0 Å². The topological polar surface area (TPSA) is 83.2 Å². The van der Waals surface area contributed by atoms with Crippen LogP contribution in [-0.4, -0.2) is 67.0 Å². The zero-order valence-corrected chi connectivity index (χ0v) is 15.3. The van der Waals surface area contributed by atoms with E-state index < -0.39 is 0 Å². The van der Waals surface area contributed by atoms with E-state index in [2.05, 4.69) is 41.6 Å². The number of hydrogen-bond acceptors (Lipinski definition) is 7. The molecule has 2 aromatic rings. The zero-order valence-electron chi connectivity index (χ0n) is 15.3. The lowest BCUT2D eigenvalue weighted by atomic mass is 9.97. The van der Waals surface area contributed by atoms with Crippen molar-refractivity contribution in [1.82, 2.24) is 29.6 Å². The van der Waals surface area contributed by atoms with Crippen LogP contribution >= 0.6 is 0 Å². The highest BCUT2D eigenvalue weighted by Gasteiger charge is 2.27. The van der Waals surface area contributed by atoms with E-state index >= 15 is 0 Å². The number of nitrogens with zero attached hydrogens (tertiary/aromatic N) is 7. The first-order chi connectivity index (χ1) is 12.7. The fourth-order valence-corrected chi connectivity index (χ4v) is 3.97. The predicted molar refractivity (Wildman–Crippen MR) is 97.7 cm³/mol. The van der Waals surface area contributed by atoms with E-state index in [9.17, 15) is 5.11 Å². The molecule has 1 atom stereocenters. The van der Waals surface area contributed by atoms with Crippen LogP contribution in [0.1, 0.15) is 43.3 Å². The fraction of sp³-hybridized carbons (Fsp3) is 0.667. The minimum atomic E-state index is -0.144. The molecule has 0 aromatic carbocycles. The van der Waals surface area contributed by atoms with E-state index in [1.54, 1.807) is 12.4 Å². The van der Waals surface area contributed by atoms with Gasteiger partial charge < -0.3 is 14.6 Å². The van der Waals surface area contributed by atoms with Gasteiger partial charge in [0, 0.05) is 51.5 Å². The third-order valence-corrected chi connectivity index (χ3v) is 5.54. The van der Waals surface area contributed by atoms with E-state index in [1.165, 1.54) is 0 Å². The number of rotatable bonds is 4. The van der Waals surface area contributed by atoms with Gasteiger partial charge in [-0.05, 0) is 31.7 Å². The number of likely N-dealkylation sites (tertiary alicyclic amines) is 1. The summed E-state index contributed by atoms with van der Waals surface area (Å²) in [6, 6.07) is 1.85. The summed E-state index contributed by atoms with van der Waals surface area (Å²) in [7, 11) is 2.07. The van der Waals surface area contributed by atoms with Crippen molar-refractivity contribution in [2.45, 2.75) is 44.2 Å². The molecule has 0 aliphatic carbocycles. The lowest BCUT2D eigenvalue weighted by Crippen LogP contribution is -2.37. The molecule has 0 radical (unpaired) electrons. The quantitative estimate of drug-likeness (QED) is 0.872. The number of hydrogen-bond donors (Lipinski definition) is 1. The van der Waals surface area contributed by atoms with Gasteiger partial charge in [0.05, 0.1) is 12.6 Å². The van der Waals surface area contributed by atoms with Gasteiger partial charge in [0.15, 0.2) is 0 Å². The van der Waals surface area contributed by atoms with Crippen molar-refractivity contribution in [1.29, 1.82) is 0 Å². The van der Waals surface area contributed by atoms with E-state index in [-0.39, 0.29) is 6.10 Å². The maximum absolute atomic E-state index is 9.67. The van der Waals surface area contributed by atoms with E-state index in [0.29, 0.717) is 5.92 Å². The van der Waals surface area contributed by atoms with Crippen molar-refractivity contribution >= 4 is 5.95 Å². The molecule has 0 bridgehead atoms. The van der Waals surface area contributed by atoms with Crippen LogP contribution in [-0.2, 0) is 13.6 Å². The molecule has 8 heteroatoms. The van der Waals surface area contributed by atoms with Crippen LogP contribution in [0, 0.1) is 0 Å². The monoisotopic (exact) mass is 357 g/mol. The highest BCUT2D eigenvalue weighted by Crippen LogP contribution is 2.27. The SMILES string of the molecule is Cn1c(CN2CCC(O)CC2)nnc1C1CCCN(c2ncccn2)C1. The Balaban J connectivity index is 1.44. The second-order valence-electron chi connectivity index (χ2n) is 7.37. The number of aliphatic hydroxyl groups is 1. The molecule has 2 aromatic heterocycles. The molecule has 0 amide bonds. The molecule has 4 rings (SSSR count). The van der Waals surface area contributed by atoms with Gasteiger partial charge in [-0.2, -0.15) is 0 Å². The Morgan fingerprint density at radius 3 is 2.62 bits per heavy atom. The first-order valence-electron chi connectivity index (χ1n) is 9.51. The summed E-state index contributed by atoms with van der Waals surface area (Å²) in [5, 5.41) is 18.6. The molecule has 8 nitrogen and oxygen atoms in total. The van der Waals surface area contributed by atoms with Gasteiger partial charge in [-0.3, -0.25) is 4.90 Å². The van der Waals surface area contributed by atoms with Gasteiger partial charge in [-0.1, -0.05) is 0 Å². The van der Waals surface area contributed by atoms with E-state index in [4.69, 9.17) is 0 Å². The molecule has 4 heterocycles. The summed E-state index contributed by atoms with van der Waals surface area (Å²) in [4.78, 5) is 13.4. The predicted octanol–water partition coefficient (Wildman–Crippen LogP) is 0.946. The Morgan fingerprint density at radius 2 is 1.85 bits per heavy atom. The van der Waals surface area contributed by atoms with Crippen molar-refractivity contribution in [2.75, 3.05) is 31.1 Å². The minimum absolute atomic E-state index is 0.144. The molecule has 2 saturated heterocycles. The van der Waals surface area contributed by atoms with Gasteiger partial charge >= 0.3 is 0 Å². The number of anilines is 1. The largest absolute Gasteiger partial charge is 0.393 e. The Bertz CT molecular complexity index is 712. The minimum Gasteiger partial charge on any atom is -0.393 e. The van der Waals surface area contributed by atoms with Crippen LogP contribution in [0.15, 0.2) is 18.5 Å². The van der Waals surface area contributed by atoms with Crippen LogP contribution < -0.4 is 4.90 Å². The summed E-state index contributed by atoms with van der Waals surface area (Å²) in [6.45, 7) is 4.51. The third kappa shape index (κ3) is 3.71. The number of aliphatic hydroxyl groups excluding tert-OH is 1. The molecule has 2 fully saturated rings. The van der Waals surface area contributed by atoms with Gasteiger partial charge in [0.2, 0.25) is 5.95 Å². The maximum Gasteiger partial charge on any atom is 0.225 e. The van der Waals surface area contributed by atoms with Crippen LogP contribution in [0.2, 0.25) is 0 Å². The van der Waals surface area contributed by atoms with Crippen LogP contribution in [0.4, 0.5) is 5.95 Å². The Morgan fingerprint density at radius 1 is 1.08 bits per heavy atom. The van der Waals surface area contributed by atoms with E-state index in [1.807, 2.05) is 6.07 Å². The van der Waals surface area contributed by atoms with Gasteiger partial charge in [-0.15, -0.1) is 10.2 Å². The summed E-state index contributed by atoms with van der Waals surface area (Å²) in [6.07, 6.45) is 7.36. The third-order valence-electron chi connectivity index (χ3n) is 5.54. The van der Waals surface area contributed by atoms with Crippen molar-refractivity contribution in [2.24, 2.45) is 7.05 Å². The smallest absolute Gasteiger partial charge is 0.225 e. The average Bonchev–Trinajstić information content (AvgIpc) is 3.05. The fourth-order valence-electron chi connectivity index (χ4n) is 3.97. The summed E-state index contributed by atoms with van der Waals surface area (Å²) >= 11 is 0. The van der Waals surface area contributed by atoms with Crippen LogP contribution in [0.5, 0.6) is 0 Å². The Hall–Kier alpha value is -2.06. The maximum atomic E-state index is 9.67. The molecule has 2 aliphatic rings. The second kappa shape index (κ2) is 7.67. The van der Waals surface area contributed by atoms with Gasteiger partial charge in [-0.25, -0.2) is 9.97 Å². The molecule has 0 saturated carbocycles. The molecule has 140 valence electrons.